The van der Waals surface area contributed by atoms with Crippen LogP contribution in [-0.4, -0.2) is 35.9 Å². The van der Waals surface area contributed by atoms with Crippen LogP contribution in [0.1, 0.15) is 81.5 Å². The van der Waals surface area contributed by atoms with Crippen molar-refractivity contribution in [2.75, 3.05) is 0 Å². The molecule has 3 unspecified atom stereocenters. The number of amides is 2. The molecule has 0 aliphatic heterocycles. The number of carbonyl (C=O) groups excluding carboxylic acids is 3. The summed E-state index contributed by atoms with van der Waals surface area (Å²) < 4.78 is 0. The summed E-state index contributed by atoms with van der Waals surface area (Å²) in [4.78, 5) is 33.1. The molecule has 170 valence electrons. The van der Waals surface area contributed by atoms with Crippen molar-refractivity contribution >= 4 is 17.8 Å². The number of benzene rings is 1. The smallest absolute Gasteiger partial charge is 0.545 e. The third-order valence-electron chi connectivity index (χ3n) is 4.21. The number of nitrogens with one attached hydrogen (secondary N) is 2. The minimum atomic E-state index is -1.34. The maximum atomic E-state index is 11.7. The summed E-state index contributed by atoms with van der Waals surface area (Å²) in [6.45, 7) is 15.2. The van der Waals surface area contributed by atoms with Gasteiger partial charge < -0.3 is 26.3 Å². The van der Waals surface area contributed by atoms with Crippen LogP contribution in [0.2, 0.25) is 0 Å². The number of hydrogen-bond acceptors (Lipinski definition) is 5. The first-order chi connectivity index (χ1) is 14.0. The summed E-state index contributed by atoms with van der Waals surface area (Å²) in [5, 5.41) is 16.2. The van der Waals surface area contributed by atoms with Crippen LogP contribution in [0.25, 0.3) is 0 Å². The van der Waals surface area contributed by atoms with E-state index in [0.717, 1.165) is 19.3 Å². The molecule has 31 heavy (non-hydrogen) atoms. The van der Waals surface area contributed by atoms with Crippen LogP contribution in [0.4, 0.5) is 0 Å². The van der Waals surface area contributed by atoms with Gasteiger partial charge in [0.15, 0.2) is 0 Å². The molecule has 0 fully saturated rings. The van der Waals surface area contributed by atoms with Crippen LogP contribution in [0, 0.1) is 0 Å². The molecule has 0 aliphatic rings. The van der Waals surface area contributed by atoms with E-state index in [1.54, 1.807) is 12.1 Å². The van der Waals surface area contributed by atoms with Crippen molar-refractivity contribution in [1.29, 1.82) is 0 Å². The molecular weight excluding hydrogens is 405 g/mol. The van der Waals surface area contributed by atoms with E-state index in [4.69, 9.17) is 5.73 Å². The summed E-state index contributed by atoms with van der Waals surface area (Å²) in [7, 11) is 0. The standard InChI is InChI=1S/C12H15NO3.C7H13NO.C4H11N.Na/c1-3-8(2)13-11(14)9-6-4-5-7-10(9)12(15)16;1-4-6(3)8-7(9)5-2;1-3-4(2)5;/h4-8H,3H2,1-2H3,(H,13,14)(H,15,16);5-6H,2,4H2,1,3H3,(H,8,9);4H,3,5H2,1-2H3;/q;;;+1/p-1. The van der Waals surface area contributed by atoms with Gasteiger partial charge in [0.2, 0.25) is 5.91 Å². The Hall–Kier alpha value is -1.67. The number of nitrogens with two attached hydrogens (primary N) is 1. The molecule has 1 aromatic carbocycles. The van der Waals surface area contributed by atoms with Gasteiger partial charge in [-0.3, -0.25) is 9.59 Å². The third-order valence-corrected chi connectivity index (χ3v) is 4.21. The van der Waals surface area contributed by atoms with Crippen molar-refractivity contribution in [2.45, 2.75) is 78.9 Å². The van der Waals surface area contributed by atoms with Gasteiger partial charge in [-0.1, -0.05) is 45.5 Å². The van der Waals surface area contributed by atoms with E-state index < -0.39 is 5.97 Å². The summed E-state index contributed by atoms with van der Waals surface area (Å²) in [6.07, 6.45) is 4.12. The topological polar surface area (TPSA) is 124 Å². The van der Waals surface area contributed by atoms with Crippen LogP contribution in [-0.2, 0) is 4.79 Å². The van der Waals surface area contributed by atoms with E-state index in [9.17, 15) is 19.5 Å². The Balaban J connectivity index is -0.000000444. The van der Waals surface area contributed by atoms with Crippen molar-refractivity contribution in [3.63, 3.8) is 0 Å². The van der Waals surface area contributed by atoms with Gasteiger partial charge in [0.25, 0.3) is 5.91 Å². The molecule has 0 aliphatic carbocycles. The molecule has 7 nitrogen and oxygen atoms in total. The number of carboxylic acid groups (broad SMARTS) is 1. The second kappa shape index (κ2) is 20.2. The fourth-order valence-corrected chi connectivity index (χ4v) is 1.67. The van der Waals surface area contributed by atoms with E-state index in [-0.39, 0.29) is 64.6 Å². The van der Waals surface area contributed by atoms with Crippen LogP contribution in [0.3, 0.4) is 0 Å². The van der Waals surface area contributed by atoms with Crippen molar-refractivity contribution < 1.29 is 49.0 Å². The van der Waals surface area contributed by atoms with E-state index in [1.807, 2.05) is 34.6 Å². The van der Waals surface area contributed by atoms with Crippen molar-refractivity contribution in [2.24, 2.45) is 5.73 Å². The van der Waals surface area contributed by atoms with Crippen LogP contribution in [0.5, 0.6) is 0 Å². The molecule has 0 bridgehead atoms. The molecule has 3 atom stereocenters. The zero-order chi connectivity index (χ0) is 23.7. The Kier molecular flexibility index (Phi) is 22.2. The first kappa shape index (κ1) is 34.0. The van der Waals surface area contributed by atoms with E-state index in [2.05, 4.69) is 24.1 Å². The van der Waals surface area contributed by atoms with Gasteiger partial charge in [-0.15, -0.1) is 0 Å². The maximum absolute atomic E-state index is 11.7. The molecule has 0 saturated heterocycles. The Morgan fingerprint density at radius 3 is 1.74 bits per heavy atom. The fourth-order valence-electron chi connectivity index (χ4n) is 1.67. The summed E-state index contributed by atoms with van der Waals surface area (Å²) in [5.74, 6) is -1.81. The Bertz CT molecular complexity index is 666. The molecule has 0 saturated carbocycles. The monoisotopic (exact) mass is 443 g/mol. The normalized spacial score (nSPS) is 12.1. The summed E-state index contributed by atoms with van der Waals surface area (Å²) in [6, 6.07) is 6.68. The Morgan fingerprint density at radius 2 is 1.39 bits per heavy atom. The van der Waals surface area contributed by atoms with Gasteiger partial charge in [-0.25, -0.2) is 0 Å². The molecule has 0 spiro atoms. The van der Waals surface area contributed by atoms with Crippen LogP contribution < -0.4 is 51.0 Å². The van der Waals surface area contributed by atoms with Gasteiger partial charge in [0.05, 0.1) is 5.97 Å². The van der Waals surface area contributed by atoms with Crippen molar-refractivity contribution in [1.82, 2.24) is 10.6 Å². The molecular formula is C23H38N3NaO4. The van der Waals surface area contributed by atoms with Gasteiger partial charge in [-0.05, 0) is 52.2 Å². The second-order valence-corrected chi connectivity index (χ2v) is 7.02. The quantitative estimate of drug-likeness (QED) is 0.366. The predicted molar refractivity (Wildman–Crippen MR) is 120 cm³/mol. The third kappa shape index (κ3) is 17.7. The van der Waals surface area contributed by atoms with Crippen LogP contribution in [0.15, 0.2) is 36.9 Å². The largest absolute Gasteiger partial charge is 1.00 e. The summed E-state index contributed by atoms with van der Waals surface area (Å²) in [5.41, 5.74) is 5.35. The molecule has 0 radical (unpaired) electrons. The molecule has 1 aromatic rings. The SMILES string of the molecule is C=CC(=O)NC(C)CC.CCC(C)N.CCC(C)NC(=O)c1ccccc1C(=O)[O-].[Na+]. The zero-order valence-electron chi connectivity index (χ0n) is 20.2. The number of carboxylic acids is 1. The summed E-state index contributed by atoms with van der Waals surface area (Å²) >= 11 is 0. The average molecular weight is 444 g/mol. The molecule has 0 heterocycles. The van der Waals surface area contributed by atoms with Gasteiger partial charge >= 0.3 is 29.6 Å². The maximum Gasteiger partial charge on any atom is 1.00 e. The minimum Gasteiger partial charge on any atom is -0.545 e. The van der Waals surface area contributed by atoms with E-state index >= 15 is 0 Å². The Labute approximate surface area is 209 Å². The van der Waals surface area contributed by atoms with Gasteiger partial charge in [-0.2, -0.15) is 0 Å². The molecule has 1 rings (SSSR count). The fraction of sp³-hybridized carbons (Fsp3) is 0.522. The molecule has 4 N–H and O–H groups in total. The first-order valence-electron chi connectivity index (χ1n) is 10.3. The zero-order valence-corrected chi connectivity index (χ0v) is 22.2. The van der Waals surface area contributed by atoms with Crippen molar-refractivity contribution in [3.05, 3.63) is 48.0 Å². The second-order valence-electron chi connectivity index (χ2n) is 7.02. The van der Waals surface area contributed by atoms with Gasteiger partial charge in [0.1, 0.15) is 0 Å². The minimum absolute atomic E-state index is 0. The number of hydrogen-bond donors (Lipinski definition) is 3. The number of rotatable bonds is 8. The number of carbonyl (C=O) groups is 3. The molecule has 2 amide bonds. The average Bonchev–Trinajstić information content (AvgIpc) is 2.73. The van der Waals surface area contributed by atoms with Crippen molar-refractivity contribution in [3.8, 4) is 0 Å². The first-order valence-corrected chi connectivity index (χ1v) is 10.3. The van der Waals surface area contributed by atoms with E-state index in [1.165, 1.54) is 18.2 Å². The van der Waals surface area contributed by atoms with Gasteiger partial charge in [0, 0.05) is 29.3 Å². The predicted octanol–water partition coefficient (Wildman–Crippen LogP) is -0.587. The number of aromatic carboxylic acids is 1. The molecule has 0 aromatic heterocycles. The Morgan fingerprint density at radius 1 is 0.968 bits per heavy atom. The van der Waals surface area contributed by atoms with Crippen LogP contribution >= 0.6 is 0 Å². The van der Waals surface area contributed by atoms with E-state index in [0.29, 0.717) is 6.04 Å². The molecule has 8 heteroatoms.